The Morgan fingerprint density at radius 1 is 0.973 bits per heavy atom. The SMILES string of the molecule is O=C(Oc1ccc(Oc2ccc(C(F)(F)F)cn2)cc1)N1CCC(NC(c2cccnc2)C2CC2)CC1. The monoisotopic (exact) mass is 512 g/mol. The van der Waals surface area contributed by atoms with Crippen molar-refractivity contribution in [2.75, 3.05) is 13.1 Å². The van der Waals surface area contributed by atoms with Crippen LogP contribution in [0.5, 0.6) is 17.4 Å². The zero-order valence-corrected chi connectivity index (χ0v) is 20.0. The van der Waals surface area contributed by atoms with Gasteiger partial charge in [-0.2, -0.15) is 13.2 Å². The van der Waals surface area contributed by atoms with Gasteiger partial charge in [-0.05, 0) is 73.6 Å². The lowest BCUT2D eigenvalue weighted by Gasteiger charge is -2.34. The van der Waals surface area contributed by atoms with Gasteiger partial charge in [0, 0.05) is 49.8 Å². The van der Waals surface area contributed by atoms with Gasteiger partial charge in [-0.1, -0.05) is 6.07 Å². The summed E-state index contributed by atoms with van der Waals surface area (Å²) in [6, 6.07) is 13.0. The number of rotatable bonds is 7. The largest absolute Gasteiger partial charge is 0.439 e. The fraction of sp³-hybridized carbons (Fsp3) is 0.370. The summed E-state index contributed by atoms with van der Waals surface area (Å²) in [5.74, 6) is 1.39. The van der Waals surface area contributed by atoms with Crippen molar-refractivity contribution in [2.24, 2.45) is 5.92 Å². The summed E-state index contributed by atoms with van der Waals surface area (Å²) >= 11 is 0. The summed E-state index contributed by atoms with van der Waals surface area (Å²) < 4.78 is 49.0. The molecule has 37 heavy (non-hydrogen) atoms. The number of nitrogens with zero attached hydrogens (tertiary/aromatic N) is 3. The van der Waals surface area contributed by atoms with Gasteiger partial charge < -0.3 is 19.7 Å². The van der Waals surface area contributed by atoms with Crippen molar-refractivity contribution in [2.45, 2.75) is 43.9 Å². The molecule has 1 amide bonds. The summed E-state index contributed by atoms with van der Waals surface area (Å²) in [6.07, 6.45) is 3.69. The van der Waals surface area contributed by atoms with Gasteiger partial charge in [0.25, 0.3) is 0 Å². The first-order chi connectivity index (χ1) is 17.8. The second-order valence-corrected chi connectivity index (χ2v) is 9.35. The number of alkyl halides is 3. The third kappa shape index (κ3) is 6.56. The van der Waals surface area contributed by atoms with E-state index in [9.17, 15) is 18.0 Å². The number of hydrogen-bond acceptors (Lipinski definition) is 6. The summed E-state index contributed by atoms with van der Waals surface area (Å²) in [4.78, 5) is 22.3. The number of hydrogen-bond donors (Lipinski definition) is 1. The number of likely N-dealkylation sites (tertiary alicyclic amines) is 1. The molecule has 2 aliphatic rings. The van der Waals surface area contributed by atoms with Crippen molar-refractivity contribution in [3.05, 3.63) is 78.2 Å². The molecule has 1 N–H and O–H groups in total. The van der Waals surface area contributed by atoms with Crippen LogP contribution in [0.1, 0.15) is 42.9 Å². The van der Waals surface area contributed by atoms with E-state index in [1.165, 1.54) is 18.4 Å². The fourth-order valence-electron chi connectivity index (χ4n) is 4.45. The van der Waals surface area contributed by atoms with E-state index in [1.54, 1.807) is 35.4 Å². The minimum absolute atomic E-state index is 0.0293. The third-order valence-corrected chi connectivity index (χ3v) is 6.62. The highest BCUT2D eigenvalue weighted by atomic mass is 19.4. The van der Waals surface area contributed by atoms with Crippen molar-refractivity contribution in [3.63, 3.8) is 0 Å². The highest BCUT2D eigenvalue weighted by Gasteiger charge is 2.35. The van der Waals surface area contributed by atoms with Crippen LogP contribution in [0, 0.1) is 5.92 Å². The lowest BCUT2D eigenvalue weighted by Crippen LogP contribution is -2.47. The van der Waals surface area contributed by atoms with Gasteiger partial charge in [0.15, 0.2) is 0 Å². The molecule has 2 aromatic heterocycles. The summed E-state index contributed by atoms with van der Waals surface area (Å²) in [6.45, 7) is 1.20. The minimum Gasteiger partial charge on any atom is -0.439 e. The maximum Gasteiger partial charge on any atom is 0.417 e. The standard InChI is InChI=1S/C27H27F3N4O3/c28-27(29,30)20-5-10-24(32-17-20)36-22-6-8-23(9-7-22)37-26(35)34-14-11-21(12-15-34)33-25(18-3-4-18)19-2-1-13-31-16-19/h1-2,5-10,13,16-18,21,25,33H,3-4,11-12,14-15H2. The van der Waals surface area contributed by atoms with E-state index in [0.717, 1.165) is 31.2 Å². The number of carbonyl (C=O) groups is 1. The van der Waals surface area contributed by atoms with Crippen molar-refractivity contribution in [1.82, 2.24) is 20.2 Å². The Bertz CT molecular complexity index is 1180. The molecule has 1 unspecified atom stereocenters. The molecule has 1 saturated heterocycles. The van der Waals surface area contributed by atoms with E-state index in [4.69, 9.17) is 9.47 Å². The van der Waals surface area contributed by atoms with E-state index in [-0.39, 0.29) is 5.88 Å². The van der Waals surface area contributed by atoms with Crippen LogP contribution in [-0.4, -0.2) is 40.1 Å². The van der Waals surface area contributed by atoms with Crippen LogP contribution in [0.2, 0.25) is 0 Å². The van der Waals surface area contributed by atoms with Crippen LogP contribution in [0.4, 0.5) is 18.0 Å². The average Bonchev–Trinajstić information content (AvgIpc) is 3.74. The first-order valence-corrected chi connectivity index (χ1v) is 12.3. The summed E-state index contributed by atoms with van der Waals surface area (Å²) in [5.41, 5.74) is 0.367. The number of ether oxygens (including phenoxy) is 2. The number of pyridine rings is 2. The molecule has 1 saturated carbocycles. The zero-order chi connectivity index (χ0) is 25.8. The molecular weight excluding hydrogens is 485 g/mol. The maximum absolute atomic E-state index is 12.7. The normalized spacial score (nSPS) is 17.3. The summed E-state index contributed by atoms with van der Waals surface area (Å²) in [5, 5.41) is 3.79. The Balaban J connectivity index is 1.09. The molecule has 194 valence electrons. The Morgan fingerprint density at radius 2 is 1.70 bits per heavy atom. The molecule has 5 rings (SSSR count). The molecular formula is C27H27F3N4O3. The molecule has 7 nitrogen and oxygen atoms in total. The van der Waals surface area contributed by atoms with E-state index in [1.807, 2.05) is 12.3 Å². The first-order valence-electron chi connectivity index (χ1n) is 12.3. The fourth-order valence-corrected chi connectivity index (χ4v) is 4.45. The molecule has 0 radical (unpaired) electrons. The number of nitrogens with one attached hydrogen (secondary N) is 1. The van der Waals surface area contributed by atoms with Crippen LogP contribution in [0.3, 0.4) is 0 Å². The predicted molar refractivity (Wildman–Crippen MR) is 129 cm³/mol. The number of halogens is 3. The Morgan fingerprint density at radius 3 is 2.30 bits per heavy atom. The van der Waals surface area contributed by atoms with Gasteiger partial charge in [-0.25, -0.2) is 9.78 Å². The number of benzene rings is 1. The molecule has 1 aliphatic carbocycles. The van der Waals surface area contributed by atoms with Crippen LogP contribution < -0.4 is 14.8 Å². The molecule has 3 heterocycles. The lowest BCUT2D eigenvalue weighted by molar-refractivity contribution is -0.137. The molecule has 10 heteroatoms. The molecule has 1 aromatic carbocycles. The van der Waals surface area contributed by atoms with E-state index >= 15 is 0 Å². The van der Waals surface area contributed by atoms with Gasteiger partial charge in [0.2, 0.25) is 5.88 Å². The second-order valence-electron chi connectivity index (χ2n) is 9.35. The van der Waals surface area contributed by atoms with E-state index < -0.39 is 17.8 Å². The number of carbonyl (C=O) groups excluding carboxylic acids is 1. The van der Waals surface area contributed by atoms with Crippen molar-refractivity contribution in [1.29, 1.82) is 0 Å². The molecule has 3 aromatic rings. The molecule has 1 atom stereocenters. The first kappa shape index (κ1) is 25.0. The summed E-state index contributed by atoms with van der Waals surface area (Å²) in [7, 11) is 0. The zero-order valence-electron chi connectivity index (χ0n) is 20.0. The van der Waals surface area contributed by atoms with Crippen LogP contribution in [0.25, 0.3) is 0 Å². The Kier molecular flexibility index (Phi) is 7.27. The Hall–Kier alpha value is -3.66. The van der Waals surface area contributed by atoms with Gasteiger partial charge >= 0.3 is 12.3 Å². The van der Waals surface area contributed by atoms with Gasteiger partial charge in [0.05, 0.1) is 5.56 Å². The highest BCUT2D eigenvalue weighted by Crippen LogP contribution is 2.41. The minimum atomic E-state index is -4.46. The highest BCUT2D eigenvalue weighted by molar-refractivity contribution is 5.70. The van der Waals surface area contributed by atoms with Gasteiger partial charge in [-0.15, -0.1) is 0 Å². The van der Waals surface area contributed by atoms with E-state index in [2.05, 4.69) is 21.4 Å². The van der Waals surface area contributed by atoms with Crippen LogP contribution in [0.15, 0.2) is 67.1 Å². The predicted octanol–water partition coefficient (Wildman–Crippen LogP) is 5.99. The van der Waals surface area contributed by atoms with Gasteiger partial charge in [0.1, 0.15) is 11.5 Å². The smallest absolute Gasteiger partial charge is 0.417 e. The molecule has 0 bridgehead atoms. The average molecular weight is 513 g/mol. The molecule has 2 fully saturated rings. The van der Waals surface area contributed by atoms with E-state index in [0.29, 0.717) is 42.6 Å². The number of amides is 1. The number of piperidine rings is 1. The maximum atomic E-state index is 12.7. The van der Waals surface area contributed by atoms with Crippen molar-refractivity contribution < 1.29 is 27.4 Å². The molecule has 0 spiro atoms. The van der Waals surface area contributed by atoms with Crippen LogP contribution in [-0.2, 0) is 6.18 Å². The molecule has 1 aliphatic heterocycles. The number of aromatic nitrogens is 2. The Labute approximate surface area is 212 Å². The van der Waals surface area contributed by atoms with Crippen LogP contribution >= 0.6 is 0 Å². The quantitative estimate of drug-likeness (QED) is 0.419. The lowest BCUT2D eigenvalue weighted by atomic mass is 9.99. The van der Waals surface area contributed by atoms with Crippen molar-refractivity contribution >= 4 is 6.09 Å². The second kappa shape index (κ2) is 10.8. The van der Waals surface area contributed by atoms with Crippen molar-refractivity contribution in [3.8, 4) is 17.4 Å². The third-order valence-electron chi connectivity index (χ3n) is 6.62. The van der Waals surface area contributed by atoms with Gasteiger partial charge in [-0.3, -0.25) is 4.98 Å². The topological polar surface area (TPSA) is 76.6 Å².